The molecule has 23 heavy (non-hydrogen) atoms. The highest BCUT2D eigenvalue weighted by Crippen LogP contribution is 2.15. The van der Waals surface area contributed by atoms with E-state index in [0.29, 0.717) is 11.1 Å². The largest absolute Gasteiger partial charge is 0.364 e. The summed E-state index contributed by atoms with van der Waals surface area (Å²) in [5, 5.41) is 13.2. The van der Waals surface area contributed by atoms with Gasteiger partial charge in [-0.2, -0.15) is 0 Å². The molecule has 7 nitrogen and oxygen atoms in total. The van der Waals surface area contributed by atoms with Crippen LogP contribution in [0.1, 0.15) is 15.9 Å². The predicted molar refractivity (Wildman–Crippen MR) is 84.2 cm³/mol. The number of nitro groups is 1. The first-order chi connectivity index (χ1) is 11.0. The van der Waals surface area contributed by atoms with E-state index in [0.717, 1.165) is 0 Å². The molecule has 0 aliphatic carbocycles. The topological polar surface area (TPSA) is 115 Å². The van der Waals surface area contributed by atoms with Gasteiger partial charge in [-0.1, -0.05) is 30.3 Å². The lowest BCUT2D eigenvalue weighted by Gasteiger charge is -2.07. The number of benzene rings is 2. The summed E-state index contributed by atoms with van der Waals surface area (Å²) in [6.45, 7) is 0. The number of nitro benzene ring substituents is 1. The van der Waals surface area contributed by atoms with Gasteiger partial charge in [-0.05, 0) is 23.8 Å². The van der Waals surface area contributed by atoms with E-state index in [2.05, 4.69) is 5.32 Å². The van der Waals surface area contributed by atoms with Gasteiger partial charge in [0.15, 0.2) is 0 Å². The number of non-ortho nitro benzene ring substituents is 1. The van der Waals surface area contributed by atoms with E-state index in [1.165, 1.54) is 24.3 Å². The van der Waals surface area contributed by atoms with Crippen molar-refractivity contribution in [2.45, 2.75) is 0 Å². The Hall–Kier alpha value is -3.48. The van der Waals surface area contributed by atoms with Gasteiger partial charge in [0.2, 0.25) is 0 Å². The molecule has 116 valence electrons. The van der Waals surface area contributed by atoms with Gasteiger partial charge >= 0.3 is 0 Å². The van der Waals surface area contributed by atoms with Crippen molar-refractivity contribution in [2.24, 2.45) is 5.73 Å². The van der Waals surface area contributed by atoms with E-state index < -0.39 is 16.7 Å². The molecule has 0 radical (unpaired) electrons. The standard InChI is InChI=1S/C16H13N3O4/c17-15(20)14(18-16(21)12-6-2-1-3-7-12)10-11-5-4-8-13(9-11)19(22)23/h1-10H,(H2,17,20)(H,18,21). The number of hydrogen-bond acceptors (Lipinski definition) is 4. The maximum atomic E-state index is 12.1. The second-order valence-electron chi connectivity index (χ2n) is 4.59. The summed E-state index contributed by atoms with van der Waals surface area (Å²) in [6.07, 6.45) is 1.29. The van der Waals surface area contributed by atoms with Gasteiger partial charge in [0.05, 0.1) is 4.92 Å². The van der Waals surface area contributed by atoms with E-state index in [-0.39, 0.29) is 11.4 Å². The van der Waals surface area contributed by atoms with Crippen LogP contribution in [0, 0.1) is 10.1 Å². The van der Waals surface area contributed by atoms with Crippen LogP contribution in [-0.2, 0) is 4.79 Å². The molecule has 7 heteroatoms. The zero-order valence-electron chi connectivity index (χ0n) is 11.9. The maximum absolute atomic E-state index is 12.1. The predicted octanol–water partition coefficient (Wildman–Crippen LogP) is 1.85. The number of nitrogens with zero attached hydrogens (tertiary/aromatic N) is 1. The first-order valence-electron chi connectivity index (χ1n) is 6.60. The van der Waals surface area contributed by atoms with Crippen molar-refractivity contribution in [2.75, 3.05) is 0 Å². The van der Waals surface area contributed by atoms with Gasteiger partial charge in [-0.3, -0.25) is 19.7 Å². The Labute approximate surface area is 131 Å². The third-order valence-corrected chi connectivity index (χ3v) is 2.94. The number of amides is 2. The number of nitrogens with one attached hydrogen (secondary N) is 1. The van der Waals surface area contributed by atoms with Crippen molar-refractivity contribution in [3.63, 3.8) is 0 Å². The van der Waals surface area contributed by atoms with Crippen molar-refractivity contribution in [1.29, 1.82) is 0 Å². The average molecular weight is 311 g/mol. The third-order valence-electron chi connectivity index (χ3n) is 2.94. The number of hydrogen-bond donors (Lipinski definition) is 2. The van der Waals surface area contributed by atoms with Crippen LogP contribution in [0.2, 0.25) is 0 Å². The molecule has 0 unspecified atom stereocenters. The van der Waals surface area contributed by atoms with Crippen molar-refractivity contribution in [3.8, 4) is 0 Å². The van der Waals surface area contributed by atoms with E-state index in [1.807, 2.05) is 0 Å². The summed E-state index contributed by atoms with van der Waals surface area (Å²) < 4.78 is 0. The van der Waals surface area contributed by atoms with Gasteiger partial charge in [0, 0.05) is 17.7 Å². The molecule has 0 fully saturated rings. The zero-order chi connectivity index (χ0) is 16.8. The lowest BCUT2D eigenvalue weighted by molar-refractivity contribution is -0.384. The van der Waals surface area contributed by atoms with E-state index >= 15 is 0 Å². The zero-order valence-corrected chi connectivity index (χ0v) is 11.9. The fraction of sp³-hybridized carbons (Fsp3) is 0. The van der Waals surface area contributed by atoms with Crippen LogP contribution in [-0.4, -0.2) is 16.7 Å². The number of rotatable bonds is 5. The van der Waals surface area contributed by atoms with Gasteiger partial charge in [-0.25, -0.2) is 0 Å². The Morgan fingerprint density at radius 3 is 2.39 bits per heavy atom. The lowest BCUT2D eigenvalue weighted by Crippen LogP contribution is -2.31. The molecular formula is C16H13N3O4. The molecule has 0 heterocycles. The molecule has 2 rings (SSSR count). The second-order valence-corrected chi connectivity index (χ2v) is 4.59. The van der Waals surface area contributed by atoms with Gasteiger partial charge < -0.3 is 11.1 Å². The highest BCUT2D eigenvalue weighted by Gasteiger charge is 2.12. The maximum Gasteiger partial charge on any atom is 0.270 e. The van der Waals surface area contributed by atoms with Gasteiger partial charge in [0.1, 0.15) is 5.70 Å². The molecule has 0 aromatic heterocycles. The number of primary amides is 1. The Bertz CT molecular complexity index is 785. The van der Waals surface area contributed by atoms with E-state index in [9.17, 15) is 19.7 Å². The van der Waals surface area contributed by atoms with Crippen LogP contribution in [0.15, 0.2) is 60.3 Å². The summed E-state index contributed by atoms with van der Waals surface area (Å²) in [4.78, 5) is 33.8. The van der Waals surface area contributed by atoms with Crippen molar-refractivity contribution >= 4 is 23.6 Å². The molecule has 0 atom stereocenters. The van der Waals surface area contributed by atoms with Crippen LogP contribution in [0.3, 0.4) is 0 Å². The van der Waals surface area contributed by atoms with Crippen molar-refractivity contribution in [1.82, 2.24) is 5.32 Å². The Morgan fingerprint density at radius 1 is 1.09 bits per heavy atom. The first-order valence-corrected chi connectivity index (χ1v) is 6.60. The number of carbonyl (C=O) groups is 2. The molecule has 0 saturated carbocycles. The van der Waals surface area contributed by atoms with Crippen LogP contribution in [0.25, 0.3) is 6.08 Å². The molecule has 2 aromatic carbocycles. The monoisotopic (exact) mass is 311 g/mol. The highest BCUT2D eigenvalue weighted by molar-refractivity contribution is 6.04. The summed E-state index contributed by atoms with van der Waals surface area (Å²) in [5.41, 5.74) is 5.71. The van der Waals surface area contributed by atoms with E-state index in [4.69, 9.17) is 5.73 Å². The molecule has 0 aliphatic rings. The summed E-state index contributed by atoms with van der Waals surface area (Å²) in [6, 6.07) is 13.9. The second kappa shape index (κ2) is 6.99. The smallest absolute Gasteiger partial charge is 0.270 e. The van der Waals surface area contributed by atoms with Crippen molar-refractivity contribution < 1.29 is 14.5 Å². The van der Waals surface area contributed by atoms with Crippen LogP contribution in [0.4, 0.5) is 5.69 Å². The fourth-order valence-electron chi connectivity index (χ4n) is 1.85. The molecule has 2 amide bonds. The quantitative estimate of drug-likeness (QED) is 0.498. The molecule has 0 bridgehead atoms. The first kappa shape index (κ1) is 15.9. The van der Waals surface area contributed by atoms with Crippen LogP contribution < -0.4 is 11.1 Å². The molecular weight excluding hydrogens is 298 g/mol. The summed E-state index contributed by atoms with van der Waals surface area (Å²) in [7, 11) is 0. The fourth-order valence-corrected chi connectivity index (χ4v) is 1.85. The third kappa shape index (κ3) is 4.24. The molecule has 0 spiro atoms. The average Bonchev–Trinajstić information content (AvgIpc) is 2.55. The normalized spacial score (nSPS) is 10.9. The minimum Gasteiger partial charge on any atom is -0.364 e. The Balaban J connectivity index is 2.28. The van der Waals surface area contributed by atoms with Crippen LogP contribution in [0.5, 0.6) is 0 Å². The molecule has 3 N–H and O–H groups in total. The minimum absolute atomic E-state index is 0.128. The Morgan fingerprint density at radius 2 is 1.78 bits per heavy atom. The highest BCUT2D eigenvalue weighted by atomic mass is 16.6. The van der Waals surface area contributed by atoms with Crippen LogP contribution >= 0.6 is 0 Å². The van der Waals surface area contributed by atoms with Gasteiger partial charge in [-0.15, -0.1) is 0 Å². The number of nitrogens with two attached hydrogens (primary N) is 1. The number of carbonyl (C=O) groups excluding carboxylic acids is 2. The SMILES string of the molecule is NC(=O)C(=Cc1cccc([N+](=O)[O-])c1)NC(=O)c1ccccc1. The Kier molecular flexibility index (Phi) is 4.83. The molecule has 2 aromatic rings. The lowest BCUT2D eigenvalue weighted by atomic mass is 10.1. The van der Waals surface area contributed by atoms with E-state index in [1.54, 1.807) is 36.4 Å². The molecule has 0 aliphatic heterocycles. The van der Waals surface area contributed by atoms with Crippen molar-refractivity contribution in [3.05, 3.63) is 81.5 Å². The van der Waals surface area contributed by atoms with Gasteiger partial charge in [0.25, 0.3) is 17.5 Å². The summed E-state index contributed by atoms with van der Waals surface area (Å²) in [5.74, 6) is -1.35. The minimum atomic E-state index is -0.846. The molecule has 0 saturated heterocycles. The summed E-state index contributed by atoms with van der Waals surface area (Å²) >= 11 is 0.